The van der Waals surface area contributed by atoms with Gasteiger partial charge in [0, 0.05) is 12.6 Å². The zero-order chi connectivity index (χ0) is 15.9. The summed E-state index contributed by atoms with van der Waals surface area (Å²) in [4.78, 5) is 29.3. The zero-order valence-electron chi connectivity index (χ0n) is 12.2. The molecule has 7 nitrogen and oxygen atoms in total. The van der Waals surface area contributed by atoms with E-state index >= 15 is 0 Å². The Hall–Kier alpha value is -2.83. The predicted octanol–water partition coefficient (Wildman–Crippen LogP) is 1.14. The van der Waals surface area contributed by atoms with E-state index in [1.165, 1.54) is 4.57 Å². The van der Waals surface area contributed by atoms with E-state index in [0.29, 0.717) is 12.5 Å². The number of hydrogen-bond acceptors (Lipinski definition) is 5. The average Bonchev–Trinajstić information content (AvgIpc) is 2.85. The van der Waals surface area contributed by atoms with Crippen LogP contribution in [0, 0.1) is 0 Å². The summed E-state index contributed by atoms with van der Waals surface area (Å²) in [6, 6.07) is 7.41. The van der Waals surface area contributed by atoms with Crippen molar-refractivity contribution in [2.45, 2.75) is 12.6 Å². The number of nitrogens with zero attached hydrogens (tertiary/aromatic N) is 3. The number of fused-ring (bicyclic) bond motifs is 1. The molecule has 1 aromatic heterocycles. The van der Waals surface area contributed by atoms with Crippen LogP contribution in [0.3, 0.4) is 0 Å². The summed E-state index contributed by atoms with van der Waals surface area (Å²) < 4.78 is 6.76. The largest absolute Gasteiger partial charge is 0.496 e. The Balaban J connectivity index is 2.08. The standard InChI is InChI=1S/C15H15N3O4/c1-17-11(9-5-3-4-6-12(9)22-2)8-18-13(19)10(14(20)21)7-16-15(17)18/h3-7,11H,8H2,1-2H3,(H,20,21). The lowest BCUT2D eigenvalue weighted by Crippen LogP contribution is -2.26. The number of hydrogen-bond donors (Lipinski definition) is 1. The van der Waals surface area contributed by atoms with Gasteiger partial charge in [-0.05, 0) is 6.07 Å². The second-order valence-corrected chi connectivity index (χ2v) is 5.06. The number of carboxylic acid groups (broad SMARTS) is 1. The van der Waals surface area contributed by atoms with Crippen molar-refractivity contribution in [3.63, 3.8) is 0 Å². The third kappa shape index (κ3) is 2.02. The smallest absolute Gasteiger partial charge is 0.342 e. The Morgan fingerprint density at radius 2 is 2.14 bits per heavy atom. The summed E-state index contributed by atoms with van der Waals surface area (Å²) in [7, 11) is 3.41. The van der Waals surface area contributed by atoms with Gasteiger partial charge in [-0.2, -0.15) is 0 Å². The van der Waals surface area contributed by atoms with Gasteiger partial charge < -0.3 is 14.7 Å². The van der Waals surface area contributed by atoms with Crippen molar-refractivity contribution >= 4 is 11.9 Å². The van der Waals surface area contributed by atoms with Crippen molar-refractivity contribution in [1.29, 1.82) is 0 Å². The van der Waals surface area contributed by atoms with Gasteiger partial charge in [0.25, 0.3) is 5.56 Å². The van der Waals surface area contributed by atoms with Crippen LogP contribution in [-0.4, -0.2) is 34.8 Å². The number of rotatable bonds is 3. The number of para-hydroxylation sites is 1. The second kappa shape index (κ2) is 5.18. The molecule has 0 spiro atoms. The van der Waals surface area contributed by atoms with E-state index in [1.807, 2.05) is 36.2 Å². The fourth-order valence-corrected chi connectivity index (χ4v) is 2.76. The second-order valence-electron chi connectivity index (χ2n) is 5.06. The number of aromatic carboxylic acids is 1. The molecule has 1 unspecified atom stereocenters. The van der Waals surface area contributed by atoms with E-state index in [1.54, 1.807) is 7.11 Å². The van der Waals surface area contributed by atoms with Crippen LogP contribution in [0.1, 0.15) is 22.0 Å². The molecule has 0 aliphatic carbocycles. The summed E-state index contributed by atoms with van der Waals surface area (Å²) in [5.74, 6) is -0.0965. The maximum Gasteiger partial charge on any atom is 0.342 e. The molecule has 0 radical (unpaired) electrons. The number of methoxy groups -OCH3 is 1. The number of carbonyl (C=O) groups is 1. The van der Waals surface area contributed by atoms with Gasteiger partial charge in [-0.25, -0.2) is 9.78 Å². The molecule has 22 heavy (non-hydrogen) atoms. The third-order valence-corrected chi connectivity index (χ3v) is 3.89. The van der Waals surface area contributed by atoms with Crippen LogP contribution in [0.2, 0.25) is 0 Å². The number of carboxylic acids is 1. The van der Waals surface area contributed by atoms with Gasteiger partial charge in [0.2, 0.25) is 5.95 Å². The summed E-state index contributed by atoms with van der Waals surface area (Å²) >= 11 is 0. The Kier molecular flexibility index (Phi) is 3.32. The van der Waals surface area contributed by atoms with Gasteiger partial charge in [-0.1, -0.05) is 18.2 Å². The van der Waals surface area contributed by atoms with Crippen LogP contribution < -0.4 is 15.2 Å². The van der Waals surface area contributed by atoms with Gasteiger partial charge in [0.1, 0.15) is 11.3 Å². The molecule has 0 amide bonds. The molecule has 0 fully saturated rings. The van der Waals surface area contributed by atoms with Crippen molar-refractivity contribution in [2.24, 2.45) is 0 Å². The molecule has 1 aliphatic rings. The van der Waals surface area contributed by atoms with E-state index in [0.717, 1.165) is 17.5 Å². The van der Waals surface area contributed by atoms with E-state index < -0.39 is 11.5 Å². The monoisotopic (exact) mass is 301 g/mol. The molecule has 2 aromatic rings. The summed E-state index contributed by atoms with van der Waals surface area (Å²) in [6.45, 7) is 0.332. The Labute approximate surface area is 126 Å². The van der Waals surface area contributed by atoms with Crippen molar-refractivity contribution in [3.05, 3.63) is 51.9 Å². The SMILES string of the molecule is COc1ccccc1C1Cn2c(ncc(C(=O)O)c2=O)N1C. The molecule has 1 atom stereocenters. The first kappa shape index (κ1) is 14.1. The predicted molar refractivity (Wildman–Crippen MR) is 79.6 cm³/mol. The van der Waals surface area contributed by atoms with Gasteiger partial charge >= 0.3 is 5.97 Å². The Bertz CT molecular complexity index is 800. The van der Waals surface area contributed by atoms with E-state index in [2.05, 4.69) is 4.98 Å². The minimum Gasteiger partial charge on any atom is -0.496 e. The summed E-state index contributed by atoms with van der Waals surface area (Å²) in [5.41, 5.74) is 0.0637. The lowest BCUT2D eigenvalue weighted by Gasteiger charge is -2.22. The van der Waals surface area contributed by atoms with Crippen LogP contribution in [0.15, 0.2) is 35.3 Å². The van der Waals surface area contributed by atoms with Crippen LogP contribution in [0.25, 0.3) is 0 Å². The van der Waals surface area contributed by atoms with E-state index in [4.69, 9.17) is 9.84 Å². The molecule has 3 rings (SSSR count). The van der Waals surface area contributed by atoms with Crippen molar-refractivity contribution in [2.75, 3.05) is 19.1 Å². The zero-order valence-corrected chi connectivity index (χ0v) is 12.2. The van der Waals surface area contributed by atoms with E-state index in [-0.39, 0.29) is 11.6 Å². The fraction of sp³-hybridized carbons (Fsp3) is 0.267. The highest BCUT2D eigenvalue weighted by atomic mass is 16.5. The molecule has 0 bridgehead atoms. The number of benzene rings is 1. The topological polar surface area (TPSA) is 84.7 Å². The van der Waals surface area contributed by atoms with Crippen molar-refractivity contribution in [3.8, 4) is 5.75 Å². The van der Waals surface area contributed by atoms with Gasteiger partial charge in [-0.15, -0.1) is 0 Å². The summed E-state index contributed by atoms with van der Waals surface area (Å²) in [6.07, 6.45) is 1.11. The maximum absolute atomic E-state index is 12.3. The summed E-state index contributed by atoms with van der Waals surface area (Å²) in [5, 5.41) is 9.04. The third-order valence-electron chi connectivity index (χ3n) is 3.89. The van der Waals surface area contributed by atoms with Crippen molar-refractivity contribution < 1.29 is 14.6 Å². The van der Waals surface area contributed by atoms with Crippen LogP contribution in [-0.2, 0) is 6.54 Å². The first-order chi connectivity index (χ1) is 10.5. The highest BCUT2D eigenvalue weighted by Gasteiger charge is 2.32. The maximum atomic E-state index is 12.3. The number of aromatic nitrogens is 2. The minimum atomic E-state index is -1.27. The number of ether oxygens (including phenoxy) is 1. The minimum absolute atomic E-state index is 0.139. The molecule has 1 N–H and O–H groups in total. The van der Waals surface area contributed by atoms with Gasteiger partial charge in [0.15, 0.2) is 0 Å². The van der Waals surface area contributed by atoms with E-state index in [9.17, 15) is 9.59 Å². The molecular weight excluding hydrogens is 286 g/mol. The fourth-order valence-electron chi connectivity index (χ4n) is 2.76. The Morgan fingerprint density at radius 1 is 1.41 bits per heavy atom. The molecule has 1 aromatic carbocycles. The molecule has 0 saturated heterocycles. The van der Waals surface area contributed by atoms with Crippen LogP contribution in [0.4, 0.5) is 5.95 Å². The normalized spacial score (nSPS) is 16.5. The van der Waals surface area contributed by atoms with Gasteiger partial charge in [-0.3, -0.25) is 9.36 Å². The molecule has 2 heterocycles. The first-order valence-electron chi connectivity index (χ1n) is 6.73. The molecule has 114 valence electrons. The highest BCUT2D eigenvalue weighted by Crippen LogP contribution is 2.36. The number of anilines is 1. The van der Waals surface area contributed by atoms with Crippen LogP contribution >= 0.6 is 0 Å². The van der Waals surface area contributed by atoms with Crippen molar-refractivity contribution in [1.82, 2.24) is 9.55 Å². The molecule has 1 aliphatic heterocycles. The molecule has 0 saturated carbocycles. The Morgan fingerprint density at radius 3 is 2.82 bits per heavy atom. The average molecular weight is 301 g/mol. The van der Waals surface area contributed by atoms with Crippen LogP contribution in [0.5, 0.6) is 5.75 Å². The molecule has 7 heteroatoms. The molecular formula is C15H15N3O4. The highest BCUT2D eigenvalue weighted by molar-refractivity contribution is 5.86. The quantitative estimate of drug-likeness (QED) is 0.915. The lowest BCUT2D eigenvalue weighted by molar-refractivity contribution is 0.0694. The van der Waals surface area contributed by atoms with Gasteiger partial charge in [0.05, 0.1) is 25.9 Å². The number of likely N-dealkylation sites (N-methyl/N-ethyl adjacent to an activating group) is 1. The first-order valence-corrected chi connectivity index (χ1v) is 6.73. The lowest BCUT2D eigenvalue weighted by atomic mass is 10.1.